The molecular weight excluding hydrogens is 512 g/mol. The van der Waals surface area contributed by atoms with Crippen molar-refractivity contribution in [3.05, 3.63) is 106 Å². The first-order valence-corrected chi connectivity index (χ1v) is 13.6. The maximum atomic E-state index is 13.7. The van der Waals surface area contributed by atoms with E-state index < -0.39 is 6.04 Å². The summed E-state index contributed by atoms with van der Waals surface area (Å²) in [5, 5.41) is 3.08. The molecule has 0 saturated carbocycles. The Kier molecular flexibility index (Phi) is 10.7. The van der Waals surface area contributed by atoms with Crippen molar-refractivity contribution < 1.29 is 9.59 Å². The lowest BCUT2D eigenvalue weighted by Crippen LogP contribution is -2.51. The Morgan fingerprint density at radius 2 is 1.53 bits per heavy atom. The van der Waals surface area contributed by atoms with E-state index >= 15 is 0 Å². The molecule has 1 unspecified atom stereocenters. The molecule has 0 aliphatic rings. The smallest absolute Gasteiger partial charge is 0.243 e. The number of rotatable bonds is 12. The van der Waals surface area contributed by atoms with Gasteiger partial charge in [0.15, 0.2) is 0 Å². The Labute approximate surface area is 224 Å². The molecule has 0 heterocycles. The third kappa shape index (κ3) is 8.63. The summed E-state index contributed by atoms with van der Waals surface area (Å²) in [4.78, 5) is 29.0. The van der Waals surface area contributed by atoms with Gasteiger partial charge in [0, 0.05) is 30.4 Å². The number of aryl methyl sites for hydroxylation is 2. The molecule has 0 radical (unpaired) electrons. The molecule has 190 valence electrons. The highest BCUT2D eigenvalue weighted by Gasteiger charge is 2.30. The van der Waals surface area contributed by atoms with Gasteiger partial charge in [0.2, 0.25) is 11.8 Å². The van der Waals surface area contributed by atoms with E-state index in [1.807, 2.05) is 54.6 Å². The summed E-state index contributed by atoms with van der Waals surface area (Å²) in [5.41, 5.74) is 4.43. The second-order valence-electron chi connectivity index (χ2n) is 9.67. The maximum Gasteiger partial charge on any atom is 0.243 e. The lowest BCUT2D eigenvalue weighted by Gasteiger charge is -2.32. The summed E-state index contributed by atoms with van der Waals surface area (Å²) in [5.74, 6) is 0.199. The molecule has 4 nitrogen and oxygen atoms in total. The van der Waals surface area contributed by atoms with Crippen LogP contribution in [-0.2, 0) is 35.4 Å². The zero-order valence-electron chi connectivity index (χ0n) is 21.5. The molecule has 0 spiro atoms. The third-order valence-electron chi connectivity index (χ3n) is 6.26. The van der Waals surface area contributed by atoms with E-state index in [1.54, 1.807) is 4.90 Å². The zero-order chi connectivity index (χ0) is 25.9. The van der Waals surface area contributed by atoms with Crippen LogP contribution in [0, 0.1) is 5.92 Å². The van der Waals surface area contributed by atoms with E-state index in [0.717, 1.165) is 27.6 Å². The number of nitrogens with one attached hydrogen (secondary N) is 1. The largest absolute Gasteiger partial charge is 0.354 e. The Morgan fingerprint density at radius 3 is 2.17 bits per heavy atom. The van der Waals surface area contributed by atoms with Gasteiger partial charge in [-0.3, -0.25) is 9.59 Å². The molecule has 1 N–H and O–H groups in total. The normalized spacial score (nSPS) is 11.8. The van der Waals surface area contributed by atoms with Crippen molar-refractivity contribution >= 4 is 27.7 Å². The van der Waals surface area contributed by atoms with Gasteiger partial charge in [-0.05, 0) is 53.1 Å². The molecule has 0 saturated heterocycles. The number of amides is 2. The van der Waals surface area contributed by atoms with Gasteiger partial charge in [0.05, 0.1) is 0 Å². The molecule has 3 aromatic rings. The van der Waals surface area contributed by atoms with E-state index in [1.165, 1.54) is 5.56 Å². The van der Waals surface area contributed by atoms with Crippen LogP contribution < -0.4 is 5.32 Å². The fraction of sp³-hybridized carbons (Fsp3) is 0.355. The SMILES string of the molecule is CCc1ccc(CCC(=O)N(Cc2cccc(Br)c2)C(Cc2ccccc2)C(=O)NCC(C)C)cc1. The monoisotopic (exact) mass is 548 g/mol. The van der Waals surface area contributed by atoms with Gasteiger partial charge in [0.1, 0.15) is 6.04 Å². The van der Waals surface area contributed by atoms with Crippen LogP contribution in [0.25, 0.3) is 0 Å². The van der Waals surface area contributed by atoms with Gasteiger partial charge in [0.25, 0.3) is 0 Å². The highest BCUT2D eigenvalue weighted by molar-refractivity contribution is 9.10. The average Bonchev–Trinajstić information content (AvgIpc) is 2.88. The van der Waals surface area contributed by atoms with Crippen molar-refractivity contribution in [3.63, 3.8) is 0 Å². The Hall–Kier alpha value is -2.92. The van der Waals surface area contributed by atoms with E-state index in [0.29, 0.717) is 38.3 Å². The molecule has 2 amide bonds. The van der Waals surface area contributed by atoms with Crippen LogP contribution >= 0.6 is 15.9 Å². The Bertz CT molecular complexity index is 1110. The van der Waals surface area contributed by atoms with Gasteiger partial charge in [-0.2, -0.15) is 0 Å². The van der Waals surface area contributed by atoms with Crippen molar-refractivity contribution in [2.45, 2.75) is 59.0 Å². The molecule has 0 fully saturated rings. The molecule has 36 heavy (non-hydrogen) atoms. The minimum Gasteiger partial charge on any atom is -0.354 e. The molecule has 3 rings (SSSR count). The highest BCUT2D eigenvalue weighted by atomic mass is 79.9. The lowest BCUT2D eigenvalue weighted by atomic mass is 10.0. The Balaban J connectivity index is 1.88. The summed E-state index contributed by atoms with van der Waals surface area (Å²) < 4.78 is 0.951. The van der Waals surface area contributed by atoms with Crippen molar-refractivity contribution in [2.24, 2.45) is 5.92 Å². The predicted octanol–water partition coefficient (Wildman–Crippen LogP) is 6.36. The van der Waals surface area contributed by atoms with E-state index in [4.69, 9.17) is 0 Å². The zero-order valence-corrected chi connectivity index (χ0v) is 23.1. The van der Waals surface area contributed by atoms with Crippen LogP contribution in [0.5, 0.6) is 0 Å². The second-order valence-corrected chi connectivity index (χ2v) is 10.6. The first-order chi connectivity index (χ1) is 17.4. The molecular formula is C31H37BrN2O2. The molecule has 5 heteroatoms. The fourth-order valence-corrected chi connectivity index (χ4v) is 4.59. The number of benzene rings is 3. The van der Waals surface area contributed by atoms with Gasteiger partial charge < -0.3 is 10.2 Å². The van der Waals surface area contributed by atoms with Crippen molar-refractivity contribution in [2.75, 3.05) is 6.54 Å². The van der Waals surface area contributed by atoms with Gasteiger partial charge in [-0.1, -0.05) is 103 Å². The van der Waals surface area contributed by atoms with Crippen LogP contribution in [0.4, 0.5) is 0 Å². The van der Waals surface area contributed by atoms with Crippen molar-refractivity contribution in [1.82, 2.24) is 10.2 Å². The van der Waals surface area contributed by atoms with Crippen LogP contribution in [-0.4, -0.2) is 29.3 Å². The van der Waals surface area contributed by atoms with E-state index in [9.17, 15) is 9.59 Å². The average molecular weight is 550 g/mol. The molecule has 0 aliphatic carbocycles. The fourth-order valence-electron chi connectivity index (χ4n) is 4.15. The summed E-state index contributed by atoms with van der Waals surface area (Å²) >= 11 is 3.54. The number of nitrogens with zero attached hydrogens (tertiary/aromatic N) is 1. The second kappa shape index (κ2) is 14.0. The molecule has 1 atom stereocenters. The quantitative estimate of drug-likeness (QED) is 0.286. The first-order valence-electron chi connectivity index (χ1n) is 12.8. The number of halogens is 1. The van der Waals surface area contributed by atoms with Gasteiger partial charge in [-0.15, -0.1) is 0 Å². The third-order valence-corrected chi connectivity index (χ3v) is 6.75. The van der Waals surface area contributed by atoms with Gasteiger partial charge in [-0.25, -0.2) is 0 Å². The van der Waals surface area contributed by atoms with Crippen LogP contribution in [0.1, 0.15) is 49.4 Å². The van der Waals surface area contributed by atoms with Crippen LogP contribution in [0.3, 0.4) is 0 Å². The number of hydrogen-bond acceptors (Lipinski definition) is 2. The summed E-state index contributed by atoms with van der Waals surface area (Å²) in [6, 6.07) is 25.7. The van der Waals surface area contributed by atoms with Crippen LogP contribution in [0.2, 0.25) is 0 Å². The topological polar surface area (TPSA) is 49.4 Å². The van der Waals surface area contributed by atoms with Crippen LogP contribution in [0.15, 0.2) is 83.3 Å². The Morgan fingerprint density at radius 1 is 0.861 bits per heavy atom. The lowest BCUT2D eigenvalue weighted by molar-refractivity contribution is -0.141. The first kappa shape index (κ1) is 27.7. The van der Waals surface area contributed by atoms with E-state index in [-0.39, 0.29) is 11.8 Å². The number of hydrogen-bond donors (Lipinski definition) is 1. The number of carbonyl (C=O) groups excluding carboxylic acids is 2. The molecule has 0 bridgehead atoms. The standard InChI is InChI=1S/C31H37BrN2O2/c1-4-24-13-15-25(16-14-24)17-18-30(35)34(22-27-11-8-12-28(32)19-27)29(31(36)33-21-23(2)3)20-26-9-6-5-7-10-26/h5-16,19,23,29H,4,17-18,20-22H2,1-3H3,(H,33,36). The van der Waals surface area contributed by atoms with Crippen molar-refractivity contribution in [1.29, 1.82) is 0 Å². The van der Waals surface area contributed by atoms with E-state index in [2.05, 4.69) is 66.3 Å². The predicted molar refractivity (Wildman–Crippen MR) is 151 cm³/mol. The number of carbonyl (C=O) groups is 2. The van der Waals surface area contributed by atoms with Crippen molar-refractivity contribution in [3.8, 4) is 0 Å². The highest BCUT2D eigenvalue weighted by Crippen LogP contribution is 2.19. The minimum absolute atomic E-state index is 0.0184. The molecule has 0 aromatic heterocycles. The summed E-state index contributed by atoms with van der Waals surface area (Å²) in [6.07, 6.45) is 2.45. The minimum atomic E-state index is -0.597. The summed E-state index contributed by atoms with van der Waals surface area (Å²) in [6.45, 7) is 7.23. The molecule has 0 aliphatic heterocycles. The van der Waals surface area contributed by atoms with Gasteiger partial charge >= 0.3 is 0 Å². The summed E-state index contributed by atoms with van der Waals surface area (Å²) in [7, 11) is 0. The maximum absolute atomic E-state index is 13.7. The molecule has 3 aromatic carbocycles.